The van der Waals surface area contributed by atoms with E-state index in [2.05, 4.69) is 32.5 Å². The summed E-state index contributed by atoms with van der Waals surface area (Å²) in [6.45, 7) is 3.18. The molecule has 25 heavy (non-hydrogen) atoms. The summed E-state index contributed by atoms with van der Waals surface area (Å²) in [6, 6.07) is 11.6. The van der Waals surface area contributed by atoms with E-state index in [-0.39, 0.29) is 11.2 Å². The molecule has 5 heteroatoms. The molecule has 4 rings (SSSR count). The minimum atomic E-state index is -0.171. The molecule has 1 saturated heterocycles. The van der Waals surface area contributed by atoms with Crippen LogP contribution in [-0.4, -0.2) is 33.9 Å². The van der Waals surface area contributed by atoms with Crippen LogP contribution in [0.5, 0.6) is 0 Å². The Morgan fingerprint density at radius 3 is 2.64 bits per heavy atom. The normalized spacial score (nSPS) is 21.8. The molecule has 3 heterocycles. The number of pyridine rings is 1. The maximum atomic E-state index is 13.2. The van der Waals surface area contributed by atoms with Gasteiger partial charge in [0, 0.05) is 44.3 Å². The molecule has 2 aromatic rings. The Morgan fingerprint density at radius 1 is 1.12 bits per heavy atom. The van der Waals surface area contributed by atoms with E-state index in [0.29, 0.717) is 6.04 Å². The zero-order valence-corrected chi connectivity index (χ0v) is 14.9. The molecule has 0 aliphatic carbocycles. The number of benzene rings is 1. The number of likely N-dealkylation sites (tertiary alicyclic amines) is 1. The molecule has 1 aromatic heterocycles. The lowest BCUT2D eigenvalue weighted by Crippen LogP contribution is -2.42. The summed E-state index contributed by atoms with van der Waals surface area (Å²) >= 11 is 1.81. The van der Waals surface area contributed by atoms with Crippen molar-refractivity contribution in [1.82, 2.24) is 14.8 Å². The predicted octanol–water partition coefficient (Wildman–Crippen LogP) is 4.40. The van der Waals surface area contributed by atoms with Crippen molar-refractivity contribution in [1.29, 1.82) is 0 Å². The van der Waals surface area contributed by atoms with Gasteiger partial charge in [-0.05, 0) is 47.6 Å². The Labute approximate surface area is 152 Å². The Hall–Kier alpha value is -1.85. The van der Waals surface area contributed by atoms with E-state index in [4.69, 9.17) is 0 Å². The maximum absolute atomic E-state index is 13.2. The van der Waals surface area contributed by atoms with E-state index in [9.17, 15) is 4.39 Å². The second-order valence-corrected chi connectivity index (χ2v) is 7.63. The van der Waals surface area contributed by atoms with E-state index in [1.807, 2.05) is 42.4 Å². The molecular formula is C20H22FN3S. The smallest absolute Gasteiger partial charge is 0.123 e. The summed E-state index contributed by atoms with van der Waals surface area (Å²) in [5.41, 5.74) is 2.45. The molecule has 0 amide bonds. The van der Waals surface area contributed by atoms with Gasteiger partial charge in [0.1, 0.15) is 11.2 Å². The monoisotopic (exact) mass is 355 g/mol. The molecule has 2 aliphatic rings. The van der Waals surface area contributed by atoms with Gasteiger partial charge in [0.2, 0.25) is 0 Å². The Balaban J connectivity index is 1.36. The Morgan fingerprint density at radius 2 is 1.92 bits per heavy atom. The third-order valence-electron chi connectivity index (χ3n) is 4.97. The summed E-state index contributed by atoms with van der Waals surface area (Å²) in [5.74, 6) is -0.171. The van der Waals surface area contributed by atoms with Gasteiger partial charge in [0.25, 0.3) is 0 Å². The number of rotatable bonds is 4. The maximum Gasteiger partial charge on any atom is 0.123 e. The van der Waals surface area contributed by atoms with E-state index in [1.54, 1.807) is 12.1 Å². The van der Waals surface area contributed by atoms with Crippen LogP contribution in [0, 0.1) is 5.82 Å². The van der Waals surface area contributed by atoms with Crippen molar-refractivity contribution in [2.45, 2.75) is 30.8 Å². The third kappa shape index (κ3) is 3.88. The van der Waals surface area contributed by atoms with Crippen LogP contribution in [0.1, 0.15) is 29.3 Å². The van der Waals surface area contributed by atoms with Crippen molar-refractivity contribution in [2.24, 2.45) is 0 Å². The second kappa shape index (κ2) is 7.58. The second-order valence-electron chi connectivity index (χ2n) is 6.64. The zero-order chi connectivity index (χ0) is 17.1. The molecule has 1 fully saturated rings. The fraction of sp³-hybridized carbons (Fsp3) is 0.350. The molecular weight excluding hydrogens is 333 g/mol. The molecule has 1 aromatic carbocycles. The summed E-state index contributed by atoms with van der Waals surface area (Å²) in [6.07, 6.45) is 8.30. The van der Waals surface area contributed by atoms with Crippen LogP contribution in [0.25, 0.3) is 0 Å². The van der Waals surface area contributed by atoms with Gasteiger partial charge in [-0.25, -0.2) is 4.39 Å². The Bertz CT molecular complexity index is 711. The van der Waals surface area contributed by atoms with Crippen LogP contribution in [0.2, 0.25) is 0 Å². The standard InChI is InChI=1S/C20H22FN3S/c21-18-5-3-17(4-6-18)20-24(12-13-25-20)19-7-10-23(11-8-19)15-16-2-1-9-22-14-16/h1-6,9,12-14,19-20H,7-8,10-11,15H2. The molecule has 1 atom stereocenters. The predicted molar refractivity (Wildman–Crippen MR) is 100 cm³/mol. The van der Waals surface area contributed by atoms with Gasteiger partial charge in [-0.1, -0.05) is 18.2 Å². The highest BCUT2D eigenvalue weighted by Crippen LogP contribution is 2.41. The van der Waals surface area contributed by atoms with Crippen molar-refractivity contribution in [3.63, 3.8) is 0 Å². The number of aromatic nitrogens is 1. The van der Waals surface area contributed by atoms with Gasteiger partial charge in [0.15, 0.2) is 0 Å². The summed E-state index contributed by atoms with van der Waals surface area (Å²) < 4.78 is 13.2. The van der Waals surface area contributed by atoms with Gasteiger partial charge >= 0.3 is 0 Å². The lowest BCUT2D eigenvalue weighted by Gasteiger charge is -2.39. The molecule has 1 unspecified atom stereocenters. The number of nitrogens with zero attached hydrogens (tertiary/aromatic N) is 3. The molecule has 3 nitrogen and oxygen atoms in total. The minimum absolute atomic E-state index is 0.171. The molecule has 0 spiro atoms. The van der Waals surface area contributed by atoms with E-state index < -0.39 is 0 Å². The van der Waals surface area contributed by atoms with Gasteiger partial charge in [-0.15, -0.1) is 11.8 Å². The van der Waals surface area contributed by atoms with E-state index in [1.165, 1.54) is 11.1 Å². The fourth-order valence-electron chi connectivity index (χ4n) is 3.65. The molecule has 0 radical (unpaired) electrons. The first kappa shape index (κ1) is 16.6. The quantitative estimate of drug-likeness (QED) is 0.809. The van der Waals surface area contributed by atoms with Crippen LogP contribution in [0.4, 0.5) is 4.39 Å². The average Bonchev–Trinajstić information content (AvgIpc) is 3.14. The number of thioether (sulfide) groups is 1. The van der Waals surface area contributed by atoms with Crippen LogP contribution in [-0.2, 0) is 6.54 Å². The lowest BCUT2D eigenvalue weighted by atomic mass is 10.0. The highest BCUT2D eigenvalue weighted by atomic mass is 32.2. The van der Waals surface area contributed by atoms with Crippen LogP contribution in [0.15, 0.2) is 60.4 Å². The topological polar surface area (TPSA) is 19.4 Å². The Kier molecular flexibility index (Phi) is 5.04. The number of hydrogen-bond donors (Lipinski definition) is 0. The summed E-state index contributed by atoms with van der Waals surface area (Å²) in [7, 11) is 0. The van der Waals surface area contributed by atoms with Crippen LogP contribution < -0.4 is 0 Å². The van der Waals surface area contributed by atoms with Crippen LogP contribution >= 0.6 is 11.8 Å². The van der Waals surface area contributed by atoms with Gasteiger partial charge in [0.05, 0.1) is 0 Å². The summed E-state index contributed by atoms with van der Waals surface area (Å²) in [5, 5.41) is 2.44. The van der Waals surface area contributed by atoms with Crippen molar-refractivity contribution < 1.29 is 4.39 Å². The number of halogens is 1. The molecule has 0 bridgehead atoms. The molecule has 0 N–H and O–H groups in total. The summed E-state index contributed by atoms with van der Waals surface area (Å²) in [4.78, 5) is 9.17. The lowest BCUT2D eigenvalue weighted by molar-refractivity contribution is 0.132. The third-order valence-corrected chi connectivity index (χ3v) is 6.03. The number of hydrogen-bond acceptors (Lipinski definition) is 4. The van der Waals surface area contributed by atoms with Gasteiger partial charge in [-0.3, -0.25) is 9.88 Å². The van der Waals surface area contributed by atoms with Crippen molar-refractivity contribution >= 4 is 11.8 Å². The average molecular weight is 355 g/mol. The largest absolute Gasteiger partial charge is 0.358 e. The first-order valence-electron chi connectivity index (χ1n) is 8.76. The van der Waals surface area contributed by atoms with Crippen molar-refractivity contribution in [3.05, 3.63) is 77.3 Å². The molecule has 0 saturated carbocycles. The van der Waals surface area contributed by atoms with Crippen molar-refractivity contribution in [3.8, 4) is 0 Å². The first-order chi connectivity index (χ1) is 12.3. The highest BCUT2D eigenvalue weighted by molar-refractivity contribution is 8.02. The fourth-order valence-corrected chi connectivity index (χ4v) is 4.70. The van der Waals surface area contributed by atoms with Gasteiger partial charge < -0.3 is 4.90 Å². The van der Waals surface area contributed by atoms with Crippen LogP contribution in [0.3, 0.4) is 0 Å². The molecule has 2 aliphatic heterocycles. The molecule has 130 valence electrons. The minimum Gasteiger partial charge on any atom is -0.358 e. The SMILES string of the molecule is Fc1ccc(C2SC=CN2C2CCN(Cc3cccnc3)CC2)cc1. The first-order valence-corrected chi connectivity index (χ1v) is 9.70. The zero-order valence-electron chi connectivity index (χ0n) is 14.1. The number of piperidine rings is 1. The van der Waals surface area contributed by atoms with Gasteiger partial charge in [-0.2, -0.15) is 0 Å². The highest BCUT2D eigenvalue weighted by Gasteiger charge is 2.30. The van der Waals surface area contributed by atoms with E-state index >= 15 is 0 Å². The van der Waals surface area contributed by atoms with E-state index in [0.717, 1.165) is 32.5 Å². The van der Waals surface area contributed by atoms with Crippen molar-refractivity contribution in [2.75, 3.05) is 13.1 Å².